The second-order valence-electron chi connectivity index (χ2n) is 7.33. The molecule has 0 radical (unpaired) electrons. The van der Waals surface area contributed by atoms with Crippen LogP contribution in [0.3, 0.4) is 0 Å². The van der Waals surface area contributed by atoms with Gasteiger partial charge in [-0.05, 0) is 37.1 Å². The number of halogens is 3. The van der Waals surface area contributed by atoms with Crippen molar-refractivity contribution in [3.05, 3.63) is 42.2 Å². The van der Waals surface area contributed by atoms with E-state index in [4.69, 9.17) is 4.74 Å². The average Bonchev–Trinajstić information content (AvgIpc) is 2.74. The minimum atomic E-state index is -4.47. The third kappa shape index (κ3) is 3.89. The lowest BCUT2D eigenvalue weighted by atomic mass is 9.92. The summed E-state index contributed by atoms with van der Waals surface area (Å²) in [7, 11) is 1.32. The number of nitrogens with one attached hydrogen (secondary N) is 1. The first-order chi connectivity index (χ1) is 14.4. The normalized spacial score (nSPS) is 19.6. The Labute approximate surface area is 171 Å². The molecular weight excluding hydrogens is 397 g/mol. The number of hydrogen-bond donors (Lipinski definition) is 2. The van der Waals surface area contributed by atoms with Crippen molar-refractivity contribution < 1.29 is 23.0 Å². The monoisotopic (exact) mass is 418 g/mol. The van der Waals surface area contributed by atoms with Gasteiger partial charge in [0.2, 0.25) is 0 Å². The van der Waals surface area contributed by atoms with E-state index in [1.54, 1.807) is 18.5 Å². The molecule has 0 saturated heterocycles. The highest BCUT2D eigenvalue weighted by atomic mass is 19.4. The van der Waals surface area contributed by atoms with Crippen molar-refractivity contribution >= 4 is 16.6 Å². The third-order valence-corrected chi connectivity index (χ3v) is 5.42. The van der Waals surface area contributed by atoms with Gasteiger partial charge in [-0.25, -0.2) is 0 Å². The third-order valence-electron chi connectivity index (χ3n) is 5.42. The summed E-state index contributed by atoms with van der Waals surface area (Å²) in [6.45, 7) is 0. The maximum Gasteiger partial charge on any atom is 0.416 e. The van der Waals surface area contributed by atoms with Gasteiger partial charge in [-0.15, -0.1) is 10.2 Å². The van der Waals surface area contributed by atoms with Gasteiger partial charge in [-0.3, -0.25) is 4.98 Å². The summed E-state index contributed by atoms with van der Waals surface area (Å²) < 4.78 is 44.5. The molecule has 1 aliphatic rings. The topological polar surface area (TPSA) is 80.2 Å². The SMILES string of the molecule is COc1cc(C(F)(F)F)ccc1-c1nnc(N[C@@H]2CCCC[C@H]2O)c2cnccc12. The number of aliphatic hydroxyl groups excluding tert-OH is 1. The molecule has 2 atom stereocenters. The fourth-order valence-electron chi connectivity index (χ4n) is 3.82. The molecule has 4 rings (SSSR count). The first kappa shape index (κ1) is 20.3. The van der Waals surface area contributed by atoms with E-state index in [1.165, 1.54) is 13.2 Å². The van der Waals surface area contributed by atoms with E-state index in [0.29, 0.717) is 27.8 Å². The fraction of sp³-hybridized carbons (Fsp3) is 0.381. The van der Waals surface area contributed by atoms with Gasteiger partial charge in [0.15, 0.2) is 5.82 Å². The zero-order chi connectivity index (χ0) is 21.3. The summed E-state index contributed by atoms with van der Waals surface area (Å²) in [5.74, 6) is 0.541. The van der Waals surface area contributed by atoms with E-state index >= 15 is 0 Å². The molecule has 1 saturated carbocycles. The van der Waals surface area contributed by atoms with E-state index in [1.807, 2.05) is 0 Å². The molecule has 1 aromatic carbocycles. The Kier molecular flexibility index (Phi) is 5.46. The lowest BCUT2D eigenvalue weighted by Gasteiger charge is -2.29. The van der Waals surface area contributed by atoms with Crippen LogP contribution in [-0.4, -0.2) is 39.5 Å². The number of aromatic nitrogens is 3. The molecule has 9 heteroatoms. The maximum atomic E-state index is 13.1. The molecule has 158 valence electrons. The summed E-state index contributed by atoms with van der Waals surface area (Å²) in [6, 6.07) is 4.89. The van der Waals surface area contributed by atoms with Crippen molar-refractivity contribution in [1.29, 1.82) is 0 Å². The van der Waals surface area contributed by atoms with Crippen molar-refractivity contribution in [2.45, 2.75) is 44.0 Å². The molecule has 0 unspecified atom stereocenters. The highest BCUT2D eigenvalue weighted by Crippen LogP contribution is 2.39. The number of benzene rings is 1. The van der Waals surface area contributed by atoms with Crippen molar-refractivity contribution in [2.75, 3.05) is 12.4 Å². The van der Waals surface area contributed by atoms with Gasteiger partial charge in [0.25, 0.3) is 0 Å². The number of ether oxygens (including phenoxy) is 1. The Morgan fingerprint density at radius 2 is 1.90 bits per heavy atom. The van der Waals surface area contributed by atoms with Crippen LogP contribution in [0.2, 0.25) is 0 Å². The Morgan fingerprint density at radius 1 is 1.10 bits per heavy atom. The van der Waals surface area contributed by atoms with E-state index < -0.39 is 17.8 Å². The summed E-state index contributed by atoms with van der Waals surface area (Å²) in [4.78, 5) is 4.16. The molecule has 2 aromatic heterocycles. The smallest absolute Gasteiger partial charge is 0.416 e. The van der Waals surface area contributed by atoms with E-state index in [2.05, 4.69) is 20.5 Å². The number of anilines is 1. The van der Waals surface area contributed by atoms with Crippen LogP contribution < -0.4 is 10.1 Å². The summed E-state index contributed by atoms with van der Waals surface area (Å²) >= 11 is 0. The van der Waals surface area contributed by atoms with Crippen LogP contribution in [0.25, 0.3) is 22.0 Å². The second-order valence-corrected chi connectivity index (χ2v) is 7.33. The lowest BCUT2D eigenvalue weighted by Crippen LogP contribution is -2.36. The van der Waals surface area contributed by atoms with Crippen molar-refractivity contribution in [2.24, 2.45) is 0 Å². The number of alkyl halides is 3. The van der Waals surface area contributed by atoms with E-state index in [9.17, 15) is 18.3 Å². The van der Waals surface area contributed by atoms with Crippen molar-refractivity contribution in [3.8, 4) is 17.0 Å². The fourth-order valence-corrected chi connectivity index (χ4v) is 3.82. The molecule has 2 N–H and O–H groups in total. The first-order valence-electron chi connectivity index (χ1n) is 9.69. The number of fused-ring (bicyclic) bond motifs is 1. The van der Waals surface area contributed by atoms with Crippen LogP contribution in [0.1, 0.15) is 31.2 Å². The van der Waals surface area contributed by atoms with Crippen LogP contribution in [-0.2, 0) is 6.18 Å². The van der Waals surface area contributed by atoms with Crippen LogP contribution in [0.15, 0.2) is 36.7 Å². The summed E-state index contributed by atoms with van der Waals surface area (Å²) in [5.41, 5.74) is -0.00206. The van der Waals surface area contributed by atoms with Crippen molar-refractivity contribution in [3.63, 3.8) is 0 Å². The molecule has 2 heterocycles. The molecular formula is C21H21F3N4O2. The standard InChI is InChI=1S/C21H21F3N4O2/c1-30-18-10-12(21(22,23)24)6-7-14(18)19-13-8-9-25-11-15(13)20(28-27-19)26-16-4-2-3-5-17(16)29/h6-11,16-17,29H,2-5H2,1H3,(H,26,28)/t16-,17-/m1/s1. The molecule has 0 bridgehead atoms. The number of rotatable bonds is 4. The minimum Gasteiger partial charge on any atom is -0.496 e. The predicted molar refractivity (Wildman–Crippen MR) is 106 cm³/mol. The maximum absolute atomic E-state index is 13.1. The van der Waals surface area contributed by atoms with Gasteiger partial charge < -0.3 is 15.2 Å². The van der Waals surface area contributed by atoms with Crippen molar-refractivity contribution in [1.82, 2.24) is 15.2 Å². The van der Waals surface area contributed by atoms with Gasteiger partial charge >= 0.3 is 6.18 Å². The van der Waals surface area contributed by atoms with Crippen LogP contribution in [0.4, 0.5) is 19.0 Å². The Balaban J connectivity index is 1.78. The predicted octanol–water partition coefficient (Wildman–Crippen LogP) is 4.43. The van der Waals surface area contributed by atoms with Gasteiger partial charge in [0.05, 0.1) is 24.8 Å². The number of nitrogens with zero attached hydrogens (tertiary/aromatic N) is 3. The first-order valence-corrected chi connectivity index (χ1v) is 9.69. The molecule has 6 nitrogen and oxygen atoms in total. The molecule has 0 spiro atoms. The number of methoxy groups -OCH3 is 1. The Bertz CT molecular complexity index is 1060. The van der Waals surface area contributed by atoms with E-state index in [-0.39, 0.29) is 11.8 Å². The largest absolute Gasteiger partial charge is 0.496 e. The van der Waals surface area contributed by atoms with Gasteiger partial charge in [-0.1, -0.05) is 12.8 Å². The van der Waals surface area contributed by atoms with Crippen LogP contribution >= 0.6 is 0 Å². The highest BCUT2D eigenvalue weighted by Gasteiger charge is 2.32. The summed E-state index contributed by atoms with van der Waals surface area (Å²) in [6.07, 6.45) is 1.81. The molecule has 30 heavy (non-hydrogen) atoms. The number of pyridine rings is 1. The molecule has 0 aliphatic heterocycles. The Hall–Kier alpha value is -2.94. The second kappa shape index (κ2) is 8.06. The van der Waals surface area contributed by atoms with Gasteiger partial charge in [-0.2, -0.15) is 13.2 Å². The Morgan fingerprint density at radius 3 is 2.63 bits per heavy atom. The number of hydrogen-bond acceptors (Lipinski definition) is 6. The lowest BCUT2D eigenvalue weighted by molar-refractivity contribution is -0.137. The molecule has 0 amide bonds. The summed E-state index contributed by atoms with van der Waals surface area (Å²) in [5, 5.41) is 23.4. The van der Waals surface area contributed by atoms with Crippen LogP contribution in [0.5, 0.6) is 5.75 Å². The highest BCUT2D eigenvalue weighted by molar-refractivity contribution is 6.00. The zero-order valence-electron chi connectivity index (χ0n) is 16.3. The average molecular weight is 418 g/mol. The number of aliphatic hydroxyl groups is 1. The van der Waals surface area contributed by atoms with Crippen LogP contribution in [0, 0.1) is 0 Å². The molecule has 3 aromatic rings. The van der Waals surface area contributed by atoms with E-state index in [0.717, 1.165) is 37.8 Å². The van der Waals surface area contributed by atoms with Gasteiger partial charge in [0, 0.05) is 28.7 Å². The van der Waals surface area contributed by atoms with Gasteiger partial charge in [0.1, 0.15) is 11.4 Å². The molecule has 1 fully saturated rings. The molecule has 1 aliphatic carbocycles. The quantitative estimate of drug-likeness (QED) is 0.652. The minimum absolute atomic E-state index is 0.0562. The zero-order valence-corrected chi connectivity index (χ0v) is 16.3.